The highest BCUT2D eigenvalue weighted by molar-refractivity contribution is 7.12. The van der Waals surface area contributed by atoms with Gasteiger partial charge in [0, 0.05) is 25.1 Å². The van der Waals surface area contributed by atoms with Gasteiger partial charge in [-0.15, -0.1) is 11.3 Å². The van der Waals surface area contributed by atoms with Crippen molar-refractivity contribution in [2.45, 2.75) is 39.2 Å². The van der Waals surface area contributed by atoms with Crippen molar-refractivity contribution >= 4 is 34.7 Å². The first-order valence-corrected chi connectivity index (χ1v) is 9.88. The molecule has 3 N–H and O–H groups in total. The van der Waals surface area contributed by atoms with Crippen LogP contribution in [-0.4, -0.2) is 24.3 Å². The maximum atomic E-state index is 12.1. The van der Waals surface area contributed by atoms with E-state index < -0.39 is 0 Å². The van der Waals surface area contributed by atoms with Gasteiger partial charge in [-0.05, 0) is 42.5 Å². The van der Waals surface area contributed by atoms with Gasteiger partial charge in [-0.2, -0.15) is 0 Å². The van der Waals surface area contributed by atoms with Crippen LogP contribution in [0.1, 0.15) is 54.4 Å². The average Bonchev–Trinajstić information content (AvgIpc) is 3.20. The molecule has 0 spiro atoms. The highest BCUT2D eigenvalue weighted by Gasteiger charge is 2.10. The van der Waals surface area contributed by atoms with Crippen molar-refractivity contribution in [3.63, 3.8) is 0 Å². The molecule has 2 aromatic rings. The van der Waals surface area contributed by atoms with Crippen LogP contribution < -0.4 is 16.0 Å². The summed E-state index contributed by atoms with van der Waals surface area (Å²) in [6, 6.07) is 10.9. The van der Waals surface area contributed by atoms with Crippen molar-refractivity contribution in [1.82, 2.24) is 10.6 Å². The summed E-state index contributed by atoms with van der Waals surface area (Å²) in [6.07, 6.45) is 1.36. The van der Waals surface area contributed by atoms with Crippen molar-refractivity contribution in [2.75, 3.05) is 11.9 Å². The highest BCUT2D eigenvalue weighted by atomic mass is 32.1. The molecule has 0 saturated heterocycles. The Hall–Kier alpha value is -2.67. The fourth-order valence-electron chi connectivity index (χ4n) is 2.45. The van der Waals surface area contributed by atoms with Crippen molar-refractivity contribution in [3.05, 3.63) is 52.2 Å². The normalized spacial score (nSPS) is 11.5. The van der Waals surface area contributed by atoms with E-state index in [9.17, 15) is 14.4 Å². The Morgan fingerprint density at radius 2 is 1.81 bits per heavy atom. The minimum absolute atomic E-state index is 0.0322. The number of anilines is 1. The Morgan fingerprint density at radius 1 is 1.07 bits per heavy atom. The Morgan fingerprint density at radius 3 is 2.44 bits per heavy atom. The number of hydrogen-bond donors (Lipinski definition) is 3. The van der Waals surface area contributed by atoms with Crippen molar-refractivity contribution in [2.24, 2.45) is 0 Å². The van der Waals surface area contributed by atoms with Crippen LogP contribution in [0.5, 0.6) is 0 Å². The monoisotopic (exact) mass is 387 g/mol. The molecule has 1 heterocycles. The molecule has 1 unspecified atom stereocenters. The molecule has 2 rings (SSSR count). The maximum absolute atomic E-state index is 12.1. The molecular formula is C20H25N3O3S. The van der Waals surface area contributed by atoms with E-state index in [1.165, 1.54) is 11.3 Å². The van der Waals surface area contributed by atoms with Gasteiger partial charge in [-0.1, -0.05) is 25.1 Å². The van der Waals surface area contributed by atoms with E-state index in [1.54, 1.807) is 13.0 Å². The first-order chi connectivity index (χ1) is 13.0. The lowest BCUT2D eigenvalue weighted by atomic mass is 10.1. The molecule has 0 aliphatic heterocycles. The van der Waals surface area contributed by atoms with Gasteiger partial charge in [0.2, 0.25) is 11.8 Å². The van der Waals surface area contributed by atoms with E-state index in [0.29, 0.717) is 30.7 Å². The molecule has 0 fully saturated rings. The summed E-state index contributed by atoms with van der Waals surface area (Å²) in [4.78, 5) is 35.9. The smallest absolute Gasteiger partial charge is 0.261 e. The predicted molar refractivity (Wildman–Crippen MR) is 108 cm³/mol. The van der Waals surface area contributed by atoms with Crippen LogP contribution in [0.4, 0.5) is 5.69 Å². The lowest BCUT2D eigenvalue weighted by molar-refractivity contribution is -0.121. The van der Waals surface area contributed by atoms with Crippen molar-refractivity contribution in [1.29, 1.82) is 0 Å². The fraction of sp³-hybridized carbons (Fsp3) is 0.350. The molecule has 6 nitrogen and oxygen atoms in total. The zero-order valence-corrected chi connectivity index (χ0v) is 16.4. The Bertz CT molecular complexity index is 757. The molecule has 0 bridgehead atoms. The lowest BCUT2D eigenvalue weighted by Crippen LogP contribution is -2.28. The first-order valence-electron chi connectivity index (χ1n) is 9.00. The minimum Gasteiger partial charge on any atom is -0.351 e. The van der Waals surface area contributed by atoms with Gasteiger partial charge in [0.15, 0.2) is 0 Å². The van der Waals surface area contributed by atoms with Crippen molar-refractivity contribution < 1.29 is 14.4 Å². The summed E-state index contributed by atoms with van der Waals surface area (Å²) in [7, 11) is 0. The molecule has 27 heavy (non-hydrogen) atoms. The second-order valence-electron chi connectivity index (χ2n) is 6.15. The van der Waals surface area contributed by atoms with Gasteiger partial charge in [0.25, 0.3) is 5.91 Å². The third-order valence-electron chi connectivity index (χ3n) is 4.00. The first kappa shape index (κ1) is 20.6. The van der Waals surface area contributed by atoms with Crippen LogP contribution >= 0.6 is 11.3 Å². The molecule has 1 atom stereocenters. The SMILES string of the molecule is CCC(=O)Nc1ccc(C(C)NC(=O)CCCNC(=O)c2cccs2)cc1. The van der Waals surface area contributed by atoms with E-state index in [-0.39, 0.29) is 23.8 Å². The third-order valence-corrected chi connectivity index (χ3v) is 4.87. The van der Waals surface area contributed by atoms with Gasteiger partial charge >= 0.3 is 0 Å². The number of thiophene rings is 1. The zero-order chi connectivity index (χ0) is 19.6. The number of carbonyl (C=O) groups is 3. The summed E-state index contributed by atoms with van der Waals surface area (Å²) in [5.41, 5.74) is 1.70. The lowest BCUT2D eigenvalue weighted by Gasteiger charge is -2.15. The van der Waals surface area contributed by atoms with Crippen LogP contribution in [0.2, 0.25) is 0 Å². The van der Waals surface area contributed by atoms with E-state index in [2.05, 4.69) is 16.0 Å². The molecular weight excluding hydrogens is 362 g/mol. The molecule has 3 amide bonds. The Balaban J connectivity index is 1.70. The largest absolute Gasteiger partial charge is 0.351 e. The summed E-state index contributed by atoms with van der Waals surface area (Å²) in [5.74, 6) is -0.194. The molecule has 0 radical (unpaired) electrons. The van der Waals surface area contributed by atoms with Gasteiger partial charge in [0.1, 0.15) is 0 Å². The van der Waals surface area contributed by atoms with Gasteiger partial charge < -0.3 is 16.0 Å². The summed E-state index contributed by atoms with van der Waals surface area (Å²) >= 11 is 1.39. The van der Waals surface area contributed by atoms with Gasteiger partial charge in [-0.3, -0.25) is 14.4 Å². The quantitative estimate of drug-likeness (QED) is 0.576. The number of carbonyl (C=O) groups excluding carboxylic acids is 3. The molecule has 0 saturated carbocycles. The van der Waals surface area contributed by atoms with E-state index in [1.807, 2.05) is 42.6 Å². The number of amides is 3. The third kappa shape index (κ3) is 6.86. The predicted octanol–water partition coefficient (Wildman–Crippen LogP) is 3.48. The average molecular weight is 388 g/mol. The molecule has 1 aromatic heterocycles. The second-order valence-corrected chi connectivity index (χ2v) is 7.10. The van der Waals surface area contributed by atoms with Crippen LogP contribution in [0, 0.1) is 0 Å². The van der Waals surface area contributed by atoms with Crippen molar-refractivity contribution in [3.8, 4) is 0 Å². The molecule has 0 aliphatic rings. The molecule has 1 aromatic carbocycles. The van der Waals surface area contributed by atoms with Crippen LogP contribution in [0.25, 0.3) is 0 Å². The number of hydrogen-bond acceptors (Lipinski definition) is 4. The Kier molecular flexibility index (Phi) is 8.00. The maximum Gasteiger partial charge on any atom is 0.261 e. The summed E-state index contributed by atoms with van der Waals surface area (Å²) in [5, 5.41) is 10.4. The fourth-order valence-corrected chi connectivity index (χ4v) is 3.09. The van der Waals surface area contributed by atoms with Crippen LogP contribution in [0.15, 0.2) is 41.8 Å². The van der Waals surface area contributed by atoms with E-state index >= 15 is 0 Å². The topological polar surface area (TPSA) is 87.3 Å². The van der Waals surface area contributed by atoms with Crippen LogP contribution in [-0.2, 0) is 9.59 Å². The van der Waals surface area contributed by atoms with Crippen LogP contribution in [0.3, 0.4) is 0 Å². The molecule has 0 aliphatic carbocycles. The minimum atomic E-state index is -0.130. The number of rotatable bonds is 9. The van der Waals surface area contributed by atoms with Gasteiger partial charge in [-0.25, -0.2) is 0 Å². The van der Waals surface area contributed by atoms with E-state index in [0.717, 1.165) is 11.3 Å². The standard InChI is InChI=1S/C20H25N3O3S/c1-3-18(24)23-16-10-8-15(9-11-16)14(2)22-19(25)7-4-12-21-20(26)17-6-5-13-27-17/h5-6,8-11,13-14H,3-4,7,12H2,1-2H3,(H,21,26)(H,22,25)(H,23,24). The summed E-state index contributed by atoms with van der Waals surface area (Å²) in [6.45, 7) is 4.18. The summed E-state index contributed by atoms with van der Waals surface area (Å²) < 4.78 is 0. The molecule has 144 valence electrons. The van der Waals surface area contributed by atoms with Gasteiger partial charge in [0.05, 0.1) is 10.9 Å². The number of nitrogens with one attached hydrogen (secondary N) is 3. The highest BCUT2D eigenvalue weighted by Crippen LogP contribution is 2.16. The zero-order valence-electron chi connectivity index (χ0n) is 15.6. The second kappa shape index (κ2) is 10.5. The molecule has 7 heteroatoms. The number of benzene rings is 1. The van der Waals surface area contributed by atoms with E-state index in [4.69, 9.17) is 0 Å². The Labute approximate surface area is 163 Å².